The van der Waals surface area contributed by atoms with Gasteiger partial charge in [0.15, 0.2) is 0 Å². The Kier molecular flexibility index (Phi) is 5.22. The van der Waals surface area contributed by atoms with Crippen molar-refractivity contribution in [3.8, 4) is 0 Å². The molecule has 104 valence electrons. The summed E-state index contributed by atoms with van der Waals surface area (Å²) in [5, 5.41) is 3.75. The van der Waals surface area contributed by atoms with E-state index >= 15 is 0 Å². The van der Waals surface area contributed by atoms with E-state index in [9.17, 15) is 0 Å². The van der Waals surface area contributed by atoms with Crippen molar-refractivity contribution >= 4 is 33.8 Å². The zero-order valence-corrected chi connectivity index (χ0v) is 12.7. The van der Waals surface area contributed by atoms with Crippen molar-refractivity contribution in [2.75, 3.05) is 19.6 Å². The van der Waals surface area contributed by atoms with Crippen molar-refractivity contribution in [1.82, 2.24) is 4.90 Å². The number of piperidine rings is 1. The average molecular weight is 297 g/mol. The fourth-order valence-electron chi connectivity index (χ4n) is 2.78. The Morgan fingerprint density at radius 2 is 1.95 bits per heavy atom. The van der Waals surface area contributed by atoms with E-state index in [-0.39, 0.29) is 12.4 Å². The molecule has 4 heteroatoms. The lowest BCUT2D eigenvalue weighted by molar-refractivity contribution is 0.181. The van der Waals surface area contributed by atoms with Crippen molar-refractivity contribution in [2.24, 2.45) is 11.7 Å². The van der Waals surface area contributed by atoms with E-state index in [1.54, 1.807) is 0 Å². The fourth-order valence-corrected chi connectivity index (χ4v) is 3.73. The summed E-state index contributed by atoms with van der Waals surface area (Å²) < 4.78 is 1.41. The first-order valence-electron chi connectivity index (χ1n) is 6.74. The van der Waals surface area contributed by atoms with Gasteiger partial charge in [-0.25, -0.2) is 0 Å². The van der Waals surface area contributed by atoms with E-state index in [1.165, 1.54) is 41.6 Å². The quantitative estimate of drug-likeness (QED) is 0.939. The van der Waals surface area contributed by atoms with Gasteiger partial charge in [0, 0.05) is 11.2 Å². The highest BCUT2D eigenvalue weighted by atomic mass is 35.5. The van der Waals surface area contributed by atoms with Gasteiger partial charge in [-0.2, -0.15) is 0 Å². The summed E-state index contributed by atoms with van der Waals surface area (Å²) in [5.41, 5.74) is 7.23. The van der Waals surface area contributed by atoms with Crippen LogP contribution in [0.15, 0.2) is 29.6 Å². The van der Waals surface area contributed by atoms with Crippen molar-refractivity contribution < 1.29 is 0 Å². The molecule has 2 aromatic rings. The highest BCUT2D eigenvalue weighted by Crippen LogP contribution is 2.27. The monoisotopic (exact) mass is 296 g/mol. The Morgan fingerprint density at radius 1 is 1.21 bits per heavy atom. The number of benzene rings is 1. The molecule has 0 saturated carbocycles. The molecular formula is C15H21ClN2S. The van der Waals surface area contributed by atoms with E-state index < -0.39 is 0 Å². The van der Waals surface area contributed by atoms with Crippen molar-refractivity contribution in [1.29, 1.82) is 0 Å². The molecule has 1 fully saturated rings. The molecule has 1 aliphatic heterocycles. The molecular weight excluding hydrogens is 276 g/mol. The minimum atomic E-state index is 0. The van der Waals surface area contributed by atoms with Gasteiger partial charge in [-0.15, -0.1) is 23.7 Å². The van der Waals surface area contributed by atoms with Crippen molar-refractivity contribution in [2.45, 2.75) is 19.4 Å². The first kappa shape index (κ1) is 14.8. The lowest BCUT2D eigenvalue weighted by atomic mass is 9.97. The van der Waals surface area contributed by atoms with Gasteiger partial charge >= 0.3 is 0 Å². The molecule has 0 amide bonds. The molecule has 0 radical (unpaired) electrons. The van der Waals surface area contributed by atoms with Crippen LogP contribution in [0, 0.1) is 5.92 Å². The SMILES string of the molecule is Cl.NCC1CCN(Cc2csc3ccccc23)CC1. The summed E-state index contributed by atoms with van der Waals surface area (Å²) in [6, 6.07) is 8.71. The number of likely N-dealkylation sites (tertiary alicyclic amines) is 1. The van der Waals surface area contributed by atoms with E-state index in [0.717, 1.165) is 19.0 Å². The molecule has 2 N–H and O–H groups in total. The zero-order valence-electron chi connectivity index (χ0n) is 11.0. The molecule has 0 bridgehead atoms. The maximum absolute atomic E-state index is 5.74. The van der Waals surface area contributed by atoms with Crippen LogP contribution in [-0.2, 0) is 6.54 Å². The Labute approximate surface area is 125 Å². The number of nitrogens with zero attached hydrogens (tertiary/aromatic N) is 1. The molecule has 1 aliphatic rings. The van der Waals surface area contributed by atoms with E-state index in [4.69, 9.17) is 5.73 Å². The number of thiophene rings is 1. The Morgan fingerprint density at radius 3 is 2.68 bits per heavy atom. The summed E-state index contributed by atoms with van der Waals surface area (Å²) in [4.78, 5) is 2.57. The summed E-state index contributed by atoms with van der Waals surface area (Å²) >= 11 is 1.86. The summed E-state index contributed by atoms with van der Waals surface area (Å²) in [5.74, 6) is 0.750. The smallest absolute Gasteiger partial charge is 0.0346 e. The second kappa shape index (κ2) is 6.71. The fraction of sp³-hybridized carbons (Fsp3) is 0.467. The largest absolute Gasteiger partial charge is 0.330 e. The van der Waals surface area contributed by atoms with Crippen LogP contribution in [-0.4, -0.2) is 24.5 Å². The number of hydrogen-bond donors (Lipinski definition) is 1. The van der Waals surface area contributed by atoms with Crippen LogP contribution in [0.1, 0.15) is 18.4 Å². The molecule has 19 heavy (non-hydrogen) atoms. The molecule has 0 spiro atoms. The van der Waals surface area contributed by atoms with Gasteiger partial charge in [0.25, 0.3) is 0 Å². The van der Waals surface area contributed by atoms with Crippen LogP contribution >= 0.6 is 23.7 Å². The first-order chi connectivity index (χ1) is 8.86. The molecule has 0 unspecified atom stereocenters. The maximum atomic E-state index is 5.74. The second-order valence-electron chi connectivity index (χ2n) is 5.21. The number of rotatable bonds is 3. The minimum absolute atomic E-state index is 0. The van der Waals surface area contributed by atoms with Crippen molar-refractivity contribution in [3.05, 3.63) is 35.2 Å². The van der Waals surface area contributed by atoms with Gasteiger partial charge in [-0.3, -0.25) is 4.90 Å². The number of nitrogens with two attached hydrogens (primary N) is 1. The van der Waals surface area contributed by atoms with Crippen molar-refractivity contribution in [3.63, 3.8) is 0 Å². The van der Waals surface area contributed by atoms with Gasteiger partial charge < -0.3 is 5.73 Å². The molecule has 1 aromatic heterocycles. The number of hydrogen-bond acceptors (Lipinski definition) is 3. The van der Waals surface area contributed by atoms with Gasteiger partial charge in [-0.05, 0) is 60.8 Å². The number of halogens is 1. The van der Waals surface area contributed by atoms with Crippen LogP contribution in [0.2, 0.25) is 0 Å². The minimum Gasteiger partial charge on any atom is -0.330 e. The average Bonchev–Trinajstić information content (AvgIpc) is 2.83. The normalized spacial score (nSPS) is 17.5. The van der Waals surface area contributed by atoms with Crippen LogP contribution in [0.25, 0.3) is 10.1 Å². The molecule has 2 heterocycles. The predicted octanol–water partition coefficient (Wildman–Crippen LogP) is 3.49. The summed E-state index contributed by atoms with van der Waals surface area (Å²) in [6.07, 6.45) is 2.52. The van der Waals surface area contributed by atoms with Gasteiger partial charge in [-0.1, -0.05) is 18.2 Å². The lowest BCUT2D eigenvalue weighted by Crippen LogP contribution is -2.35. The topological polar surface area (TPSA) is 29.3 Å². The van der Waals surface area contributed by atoms with Gasteiger partial charge in [0.2, 0.25) is 0 Å². The standard InChI is InChI=1S/C15H20N2S.ClH/c16-9-12-5-7-17(8-6-12)10-13-11-18-15-4-2-1-3-14(13)15;/h1-4,11-12H,5-10,16H2;1H. The Hall–Kier alpha value is -0.610. The van der Waals surface area contributed by atoms with Crippen LogP contribution < -0.4 is 5.73 Å². The molecule has 0 atom stereocenters. The van der Waals surface area contributed by atoms with Crippen LogP contribution in [0.3, 0.4) is 0 Å². The zero-order chi connectivity index (χ0) is 12.4. The summed E-state index contributed by atoms with van der Waals surface area (Å²) in [6.45, 7) is 4.36. The maximum Gasteiger partial charge on any atom is 0.0346 e. The van der Waals surface area contributed by atoms with E-state index in [0.29, 0.717) is 0 Å². The summed E-state index contributed by atoms with van der Waals surface area (Å²) in [7, 11) is 0. The van der Waals surface area contributed by atoms with Gasteiger partial charge in [0.1, 0.15) is 0 Å². The predicted molar refractivity (Wildman–Crippen MR) is 86.1 cm³/mol. The van der Waals surface area contributed by atoms with Crippen LogP contribution in [0.4, 0.5) is 0 Å². The highest BCUT2D eigenvalue weighted by Gasteiger charge is 2.18. The van der Waals surface area contributed by atoms with E-state index in [2.05, 4.69) is 34.5 Å². The van der Waals surface area contributed by atoms with Gasteiger partial charge in [0.05, 0.1) is 0 Å². The molecule has 1 aromatic carbocycles. The molecule has 3 rings (SSSR count). The Bertz CT molecular complexity index is 518. The highest BCUT2D eigenvalue weighted by molar-refractivity contribution is 7.17. The third kappa shape index (κ3) is 3.29. The third-order valence-electron chi connectivity index (χ3n) is 4.00. The van der Waals surface area contributed by atoms with Crippen LogP contribution in [0.5, 0.6) is 0 Å². The number of fused-ring (bicyclic) bond motifs is 1. The lowest BCUT2D eigenvalue weighted by Gasteiger charge is -2.31. The van der Waals surface area contributed by atoms with E-state index in [1.807, 2.05) is 11.3 Å². The third-order valence-corrected chi connectivity index (χ3v) is 5.01. The second-order valence-corrected chi connectivity index (χ2v) is 6.12. The Balaban J connectivity index is 0.00000133. The first-order valence-corrected chi connectivity index (χ1v) is 7.62. The molecule has 0 aliphatic carbocycles. The molecule has 1 saturated heterocycles. The molecule has 2 nitrogen and oxygen atoms in total.